The minimum atomic E-state index is -1.00. The summed E-state index contributed by atoms with van der Waals surface area (Å²) in [5.41, 5.74) is 1.81. The molecule has 0 spiro atoms. The van der Waals surface area contributed by atoms with Crippen LogP contribution in [0.4, 0.5) is 4.39 Å². The number of Topliss-reactive ketones (excluding diaryl/α,β-unsaturated/α-hetero) is 1. The third-order valence-electron chi connectivity index (χ3n) is 9.29. The summed E-state index contributed by atoms with van der Waals surface area (Å²) in [4.78, 5) is 13.6. The number of benzene rings is 5. The third kappa shape index (κ3) is 6.60. The molecule has 3 atom stereocenters. The van der Waals surface area contributed by atoms with Gasteiger partial charge in [-0.05, 0) is 34.7 Å². The van der Waals surface area contributed by atoms with Crippen molar-refractivity contribution in [2.45, 2.75) is 30.0 Å². The normalized spacial score (nSPS) is 19.4. The van der Waals surface area contributed by atoms with Crippen molar-refractivity contribution in [3.63, 3.8) is 0 Å². The largest absolute Gasteiger partial charge is 0.396 e. The van der Waals surface area contributed by atoms with Crippen molar-refractivity contribution in [3.8, 4) is 0 Å². The second kappa shape index (κ2) is 14.6. The predicted octanol–water partition coefficient (Wildman–Crippen LogP) is 8.11. The molecule has 47 heavy (non-hydrogen) atoms. The number of hydrogen-bond donors (Lipinski definition) is 1. The Morgan fingerprint density at radius 1 is 0.787 bits per heavy atom. The summed E-state index contributed by atoms with van der Waals surface area (Å²) >= 11 is 5.83. The van der Waals surface area contributed by atoms with Crippen molar-refractivity contribution in [2.24, 2.45) is 5.92 Å². The van der Waals surface area contributed by atoms with Crippen LogP contribution in [0.15, 0.2) is 146 Å². The van der Waals surface area contributed by atoms with Gasteiger partial charge in [-0.25, -0.2) is 4.39 Å². The highest BCUT2D eigenvalue weighted by molar-refractivity contribution is 7.80. The van der Waals surface area contributed by atoms with Crippen molar-refractivity contribution < 1.29 is 23.8 Å². The summed E-state index contributed by atoms with van der Waals surface area (Å²) in [6.45, 7) is -0.0652. The maximum absolute atomic E-state index is 15.7. The Morgan fingerprint density at radius 3 is 1.79 bits per heavy atom. The molecule has 1 saturated heterocycles. The Kier molecular flexibility index (Phi) is 10.1. The smallest absolute Gasteiger partial charge is 0.167 e. The first kappa shape index (κ1) is 32.6. The van der Waals surface area contributed by atoms with Crippen LogP contribution in [0.1, 0.15) is 45.5 Å². The summed E-state index contributed by atoms with van der Waals surface area (Å²) < 4.78 is 29.2. The molecule has 0 amide bonds. The fourth-order valence-electron chi connectivity index (χ4n) is 7.01. The standard InChI is InChI=1S/C41H37FO4S/c42-37-24-14-13-23-35(37)40(26-34(47)25-38(44)30-15-5-1-6-16-30)29-45-39(36(40)27-43)28-46-41(31-17-7-2-8-18-31,32-19-9-3-10-20-32)33-21-11-4-12-22-33/h1-24,36,39,43H,25-29H2/t36-,39-,40+/m1/s1. The highest BCUT2D eigenvalue weighted by Crippen LogP contribution is 2.47. The van der Waals surface area contributed by atoms with E-state index in [2.05, 4.69) is 0 Å². The van der Waals surface area contributed by atoms with Gasteiger partial charge in [0.2, 0.25) is 0 Å². The maximum Gasteiger partial charge on any atom is 0.167 e. The number of carbonyl (C=O) groups is 1. The van der Waals surface area contributed by atoms with Crippen LogP contribution in [0.5, 0.6) is 0 Å². The van der Waals surface area contributed by atoms with Crippen LogP contribution >= 0.6 is 12.2 Å². The number of ketones is 1. The summed E-state index contributed by atoms with van der Waals surface area (Å²) in [5.74, 6) is -1.07. The molecule has 5 aromatic rings. The zero-order chi connectivity index (χ0) is 32.7. The van der Waals surface area contributed by atoms with E-state index >= 15 is 4.39 Å². The van der Waals surface area contributed by atoms with Crippen LogP contribution in [-0.2, 0) is 20.5 Å². The number of thiocarbonyl (C=S) groups is 1. The first-order valence-corrected chi connectivity index (χ1v) is 16.3. The minimum absolute atomic E-state index is 0.0357. The Labute approximate surface area is 280 Å². The zero-order valence-electron chi connectivity index (χ0n) is 26.0. The number of hydrogen-bond acceptors (Lipinski definition) is 5. The van der Waals surface area contributed by atoms with E-state index in [1.807, 2.05) is 109 Å². The van der Waals surface area contributed by atoms with Gasteiger partial charge in [0.15, 0.2) is 5.78 Å². The van der Waals surface area contributed by atoms with E-state index in [1.165, 1.54) is 6.07 Å². The molecule has 4 nitrogen and oxygen atoms in total. The van der Waals surface area contributed by atoms with Crippen LogP contribution in [0.2, 0.25) is 0 Å². The molecule has 6 rings (SSSR count). The fraction of sp³-hybridized carbons (Fsp3) is 0.220. The average Bonchev–Trinajstić information content (AvgIpc) is 3.47. The Morgan fingerprint density at radius 2 is 1.28 bits per heavy atom. The second-order valence-electron chi connectivity index (χ2n) is 12.0. The summed E-state index contributed by atoms with van der Waals surface area (Å²) in [6, 6.07) is 45.7. The van der Waals surface area contributed by atoms with Gasteiger partial charge < -0.3 is 14.6 Å². The summed E-state index contributed by atoms with van der Waals surface area (Å²) in [7, 11) is 0. The molecule has 1 heterocycles. The molecule has 0 unspecified atom stereocenters. The van der Waals surface area contributed by atoms with Gasteiger partial charge in [-0.2, -0.15) is 0 Å². The van der Waals surface area contributed by atoms with Gasteiger partial charge in [-0.1, -0.05) is 152 Å². The monoisotopic (exact) mass is 644 g/mol. The highest BCUT2D eigenvalue weighted by Gasteiger charge is 2.53. The lowest BCUT2D eigenvalue weighted by atomic mass is 9.67. The van der Waals surface area contributed by atoms with Crippen LogP contribution in [-0.4, -0.2) is 41.7 Å². The van der Waals surface area contributed by atoms with E-state index in [9.17, 15) is 9.90 Å². The summed E-state index contributed by atoms with van der Waals surface area (Å²) in [6.07, 6.45) is -0.360. The topological polar surface area (TPSA) is 55.8 Å². The van der Waals surface area contributed by atoms with Gasteiger partial charge in [-0.15, -0.1) is 0 Å². The predicted molar refractivity (Wildman–Crippen MR) is 186 cm³/mol. The first-order chi connectivity index (χ1) is 23.0. The van der Waals surface area contributed by atoms with E-state index in [4.69, 9.17) is 21.7 Å². The first-order valence-electron chi connectivity index (χ1n) is 15.9. The lowest BCUT2D eigenvalue weighted by molar-refractivity contribution is -0.0603. The SMILES string of the molecule is O=C(CC(=S)C[C@@]1(c2ccccc2F)CO[C@H](COC(c2ccccc2)(c2ccccc2)c2ccccc2)[C@H]1CO)c1ccccc1. The van der Waals surface area contributed by atoms with Gasteiger partial charge in [0.25, 0.3) is 0 Å². The number of rotatable bonds is 13. The molecule has 1 aliphatic rings. The lowest BCUT2D eigenvalue weighted by Gasteiger charge is -2.38. The van der Waals surface area contributed by atoms with Crippen molar-refractivity contribution in [2.75, 3.05) is 19.8 Å². The molecule has 238 valence electrons. The van der Waals surface area contributed by atoms with Gasteiger partial charge in [-0.3, -0.25) is 4.79 Å². The molecule has 0 bridgehead atoms. The molecule has 1 N–H and O–H groups in total. The van der Waals surface area contributed by atoms with E-state index in [1.54, 1.807) is 30.3 Å². The quantitative estimate of drug-likeness (QED) is 0.0798. The van der Waals surface area contributed by atoms with E-state index in [-0.39, 0.29) is 38.4 Å². The van der Waals surface area contributed by atoms with Gasteiger partial charge in [0.1, 0.15) is 11.4 Å². The third-order valence-corrected chi connectivity index (χ3v) is 9.58. The lowest BCUT2D eigenvalue weighted by Crippen LogP contribution is -2.44. The van der Waals surface area contributed by atoms with Crippen molar-refractivity contribution in [1.29, 1.82) is 0 Å². The second-order valence-corrected chi connectivity index (χ2v) is 12.6. The Bertz CT molecular complexity index is 1690. The number of halogens is 1. The van der Waals surface area contributed by atoms with Gasteiger partial charge in [0.05, 0.1) is 19.3 Å². The Hall–Kier alpha value is -4.33. The van der Waals surface area contributed by atoms with Crippen LogP contribution in [0.3, 0.4) is 0 Å². The van der Waals surface area contributed by atoms with E-state index in [0.717, 1.165) is 16.7 Å². The average molecular weight is 645 g/mol. The van der Waals surface area contributed by atoms with E-state index in [0.29, 0.717) is 16.0 Å². The Balaban J connectivity index is 1.36. The highest BCUT2D eigenvalue weighted by atomic mass is 32.1. The molecule has 0 aromatic heterocycles. The molecular weight excluding hydrogens is 608 g/mol. The molecule has 1 fully saturated rings. The molecule has 1 aliphatic heterocycles. The number of aliphatic hydroxyl groups excluding tert-OH is 1. The van der Waals surface area contributed by atoms with Crippen molar-refractivity contribution >= 4 is 22.9 Å². The van der Waals surface area contributed by atoms with Crippen molar-refractivity contribution in [3.05, 3.63) is 179 Å². The zero-order valence-corrected chi connectivity index (χ0v) is 26.8. The molecule has 6 heteroatoms. The number of aliphatic hydroxyl groups is 1. The molecule has 0 aliphatic carbocycles. The van der Waals surface area contributed by atoms with Crippen LogP contribution in [0, 0.1) is 11.7 Å². The molecule has 5 aromatic carbocycles. The maximum atomic E-state index is 15.7. The molecule has 0 radical (unpaired) electrons. The number of carbonyl (C=O) groups excluding carboxylic acids is 1. The summed E-state index contributed by atoms with van der Waals surface area (Å²) in [5, 5.41) is 11.0. The van der Waals surface area contributed by atoms with Crippen LogP contribution in [0.25, 0.3) is 0 Å². The van der Waals surface area contributed by atoms with Gasteiger partial charge >= 0.3 is 0 Å². The fourth-order valence-corrected chi connectivity index (χ4v) is 7.40. The number of ether oxygens (including phenoxy) is 2. The van der Waals surface area contributed by atoms with Gasteiger partial charge in [0, 0.05) is 34.8 Å². The van der Waals surface area contributed by atoms with Crippen LogP contribution < -0.4 is 0 Å². The molecule has 0 saturated carbocycles. The van der Waals surface area contributed by atoms with E-state index < -0.39 is 28.9 Å². The molecular formula is C41H37FO4S. The minimum Gasteiger partial charge on any atom is -0.396 e. The van der Waals surface area contributed by atoms with Crippen molar-refractivity contribution in [1.82, 2.24) is 0 Å².